The molecule has 0 fully saturated rings. The molecular formula is C24H22F3N3O5S. The van der Waals surface area contributed by atoms with E-state index in [4.69, 9.17) is 14.7 Å². The summed E-state index contributed by atoms with van der Waals surface area (Å²) >= 11 is 0. The molecule has 1 aliphatic heterocycles. The van der Waals surface area contributed by atoms with Gasteiger partial charge in [-0.15, -0.1) is 13.2 Å². The molecule has 0 bridgehead atoms. The van der Waals surface area contributed by atoms with Crippen LogP contribution in [-0.4, -0.2) is 50.5 Å². The van der Waals surface area contributed by atoms with E-state index >= 15 is 0 Å². The predicted octanol–water partition coefficient (Wildman–Crippen LogP) is 3.33. The van der Waals surface area contributed by atoms with Gasteiger partial charge in [0.25, 0.3) is 5.91 Å². The Morgan fingerprint density at radius 3 is 2.25 bits per heavy atom. The lowest BCUT2D eigenvalue weighted by molar-refractivity contribution is -0.365. The van der Waals surface area contributed by atoms with Crippen LogP contribution in [0, 0.1) is 0 Å². The second-order valence-corrected chi connectivity index (χ2v) is 9.96. The Balaban J connectivity index is 1.93. The first kappa shape index (κ1) is 25.5. The zero-order chi connectivity index (χ0) is 26.4. The lowest BCUT2D eigenvalue weighted by atomic mass is 9.68. The maximum Gasteiger partial charge on any atom is 0.523 e. The monoisotopic (exact) mass is 521 g/mol. The number of hydrogen-bond acceptors (Lipinski definition) is 7. The summed E-state index contributed by atoms with van der Waals surface area (Å²) in [6.45, 7) is 0. The SMILES string of the molecule is CN1C(=O)C(c2ccc(OS(C)(=O)=O)cc2)(C2(OC(F)(F)F)C=CC=C(c3ccccc3)C2)N=C1N. The minimum atomic E-state index is -5.15. The van der Waals surface area contributed by atoms with E-state index in [2.05, 4.69) is 4.99 Å². The van der Waals surface area contributed by atoms with Crippen molar-refractivity contribution in [3.8, 4) is 5.75 Å². The van der Waals surface area contributed by atoms with Crippen molar-refractivity contribution >= 4 is 27.6 Å². The van der Waals surface area contributed by atoms with E-state index in [9.17, 15) is 26.4 Å². The predicted molar refractivity (Wildman–Crippen MR) is 126 cm³/mol. The number of amides is 1. The van der Waals surface area contributed by atoms with Crippen LogP contribution in [0.1, 0.15) is 17.5 Å². The number of carbonyl (C=O) groups excluding carboxylic acids is 1. The van der Waals surface area contributed by atoms with Crippen molar-refractivity contribution in [3.05, 3.63) is 84.0 Å². The van der Waals surface area contributed by atoms with Gasteiger partial charge in [-0.2, -0.15) is 8.42 Å². The number of aliphatic imine (C=N–C) groups is 1. The molecule has 12 heteroatoms. The molecule has 2 aromatic carbocycles. The number of nitrogens with two attached hydrogens (primary N) is 1. The van der Waals surface area contributed by atoms with Crippen LogP contribution in [-0.2, 0) is 25.2 Å². The topological polar surface area (TPSA) is 111 Å². The van der Waals surface area contributed by atoms with Gasteiger partial charge in [0.15, 0.2) is 5.96 Å². The number of hydrogen-bond donors (Lipinski definition) is 1. The number of alkyl halides is 3. The molecule has 2 N–H and O–H groups in total. The van der Waals surface area contributed by atoms with Crippen LogP contribution in [0.3, 0.4) is 0 Å². The summed E-state index contributed by atoms with van der Waals surface area (Å²) in [4.78, 5) is 18.9. The maximum atomic E-state index is 14.0. The normalized spacial score (nSPS) is 24.5. The van der Waals surface area contributed by atoms with Gasteiger partial charge in [-0.05, 0) is 34.9 Å². The van der Waals surface area contributed by atoms with Crippen LogP contribution < -0.4 is 9.92 Å². The fraction of sp³-hybridized carbons (Fsp3) is 0.250. The lowest BCUT2D eigenvalue weighted by Crippen LogP contribution is -2.59. The lowest BCUT2D eigenvalue weighted by Gasteiger charge is -2.45. The molecular weight excluding hydrogens is 499 g/mol. The average Bonchev–Trinajstić information content (AvgIpc) is 3.03. The van der Waals surface area contributed by atoms with Crippen LogP contribution in [0.25, 0.3) is 5.57 Å². The molecule has 1 heterocycles. The van der Waals surface area contributed by atoms with Crippen molar-refractivity contribution in [1.29, 1.82) is 0 Å². The highest BCUT2D eigenvalue weighted by Crippen LogP contribution is 2.52. The molecule has 0 saturated heterocycles. The molecule has 190 valence electrons. The molecule has 2 aliphatic rings. The number of allylic oxidation sites excluding steroid dienone is 2. The highest BCUT2D eigenvalue weighted by Gasteiger charge is 2.65. The molecule has 4 rings (SSSR count). The number of carbonyl (C=O) groups is 1. The summed E-state index contributed by atoms with van der Waals surface area (Å²) < 4.78 is 74.5. The average molecular weight is 522 g/mol. The van der Waals surface area contributed by atoms with Gasteiger partial charge >= 0.3 is 16.5 Å². The number of halogens is 3. The van der Waals surface area contributed by atoms with Gasteiger partial charge < -0.3 is 9.92 Å². The molecule has 2 aromatic rings. The Bertz CT molecular complexity index is 1370. The van der Waals surface area contributed by atoms with E-state index in [-0.39, 0.29) is 23.7 Å². The number of guanidine groups is 1. The number of ether oxygens (including phenoxy) is 1. The van der Waals surface area contributed by atoms with E-state index in [1.165, 1.54) is 37.4 Å². The van der Waals surface area contributed by atoms with Gasteiger partial charge in [0.2, 0.25) is 5.54 Å². The van der Waals surface area contributed by atoms with Gasteiger partial charge in [-0.3, -0.25) is 14.4 Å². The quantitative estimate of drug-likeness (QED) is 0.584. The smallest absolute Gasteiger partial charge is 0.383 e. The minimum absolute atomic E-state index is 0.00358. The molecule has 2 atom stereocenters. The van der Waals surface area contributed by atoms with Gasteiger partial charge in [-0.1, -0.05) is 54.6 Å². The Labute approximate surface area is 205 Å². The van der Waals surface area contributed by atoms with Gasteiger partial charge in [0, 0.05) is 13.5 Å². The zero-order valence-corrected chi connectivity index (χ0v) is 20.0. The Hall–Kier alpha value is -3.64. The first-order chi connectivity index (χ1) is 16.8. The first-order valence-electron chi connectivity index (χ1n) is 10.6. The fourth-order valence-corrected chi connectivity index (χ4v) is 4.91. The van der Waals surface area contributed by atoms with Gasteiger partial charge in [0.05, 0.1) is 6.26 Å². The zero-order valence-electron chi connectivity index (χ0n) is 19.2. The van der Waals surface area contributed by atoms with E-state index in [1.807, 2.05) is 0 Å². The summed E-state index contributed by atoms with van der Waals surface area (Å²) in [6.07, 6.45) is -0.495. The Morgan fingerprint density at radius 1 is 1.08 bits per heavy atom. The summed E-state index contributed by atoms with van der Waals surface area (Å²) in [5.74, 6) is -1.24. The highest BCUT2D eigenvalue weighted by atomic mass is 32.2. The summed E-state index contributed by atoms with van der Waals surface area (Å²) in [5, 5.41) is 0. The van der Waals surface area contributed by atoms with Gasteiger partial charge in [0.1, 0.15) is 11.4 Å². The highest BCUT2D eigenvalue weighted by molar-refractivity contribution is 7.86. The molecule has 36 heavy (non-hydrogen) atoms. The summed E-state index contributed by atoms with van der Waals surface area (Å²) in [5.41, 5.74) is 2.42. The molecule has 0 radical (unpaired) electrons. The van der Waals surface area contributed by atoms with Crippen molar-refractivity contribution in [3.63, 3.8) is 0 Å². The molecule has 1 aliphatic carbocycles. The van der Waals surface area contributed by atoms with Gasteiger partial charge in [-0.25, -0.2) is 4.99 Å². The van der Waals surface area contributed by atoms with Crippen LogP contribution >= 0.6 is 0 Å². The van der Waals surface area contributed by atoms with Crippen molar-refractivity contribution in [2.75, 3.05) is 13.3 Å². The van der Waals surface area contributed by atoms with Crippen molar-refractivity contribution in [2.45, 2.75) is 23.9 Å². The number of rotatable bonds is 6. The summed E-state index contributed by atoms with van der Waals surface area (Å²) in [7, 11) is -2.56. The van der Waals surface area contributed by atoms with E-state index in [1.54, 1.807) is 36.4 Å². The number of benzene rings is 2. The first-order valence-corrected chi connectivity index (χ1v) is 12.4. The minimum Gasteiger partial charge on any atom is -0.383 e. The third-order valence-electron chi connectivity index (χ3n) is 5.93. The third-order valence-corrected chi connectivity index (χ3v) is 6.43. The van der Waals surface area contributed by atoms with Crippen LogP contribution in [0.4, 0.5) is 13.2 Å². The fourth-order valence-electron chi connectivity index (χ4n) is 4.45. The van der Waals surface area contributed by atoms with E-state index in [0.29, 0.717) is 11.1 Å². The molecule has 8 nitrogen and oxygen atoms in total. The number of nitrogens with zero attached hydrogens (tertiary/aromatic N) is 2. The van der Waals surface area contributed by atoms with Crippen molar-refractivity contribution < 1.29 is 35.3 Å². The van der Waals surface area contributed by atoms with Crippen LogP contribution in [0.15, 0.2) is 77.8 Å². The number of likely N-dealkylation sites (N-methyl/N-ethyl adjacent to an activating group) is 1. The molecule has 1 amide bonds. The standard InChI is InChI=1S/C24H22F3N3O5S/c1-30-20(31)23(29-21(30)28,18-10-12-19(13-11-18)34-36(2,32)33)22(35-24(25,26)27)14-6-9-17(15-22)16-7-4-3-5-8-16/h3-14H,15H2,1-2H3,(H2,28,29). The van der Waals surface area contributed by atoms with Crippen molar-refractivity contribution in [1.82, 2.24) is 4.90 Å². The molecule has 0 spiro atoms. The molecule has 0 aromatic heterocycles. The van der Waals surface area contributed by atoms with E-state index in [0.717, 1.165) is 17.2 Å². The second-order valence-electron chi connectivity index (χ2n) is 8.39. The third kappa shape index (κ3) is 4.61. The molecule has 2 unspecified atom stereocenters. The van der Waals surface area contributed by atoms with Crippen molar-refractivity contribution in [2.24, 2.45) is 10.7 Å². The van der Waals surface area contributed by atoms with E-state index < -0.39 is 33.5 Å². The van der Waals surface area contributed by atoms with Crippen LogP contribution in [0.2, 0.25) is 0 Å². The Kier molecular flexibility index (Phi) is 6.21. The second kappa shape index (κ2) is 8.79. The Morgan fingerprint density at radius 2 is 1.72 bits per heavy atom. The van der Waals surface area contributed by atoms with Crippen LogP contribution in [0.5, 0.6) is 5.75 Å². The maximum absolute atomic E-state index is 14.0. The molecule has 0 saturated carbocycles. The largest absolute Gasteiger partial charge is 0.523 e. The summed E-state index contributed by atoms with van der Waals surface area (Å²) in [6, 6.07) is 13.7.